The average molecular weight is 265 g/mol. The maximum Gasteiger partial charge on any atom is 0.337 e. The van der Waals surface area contributed by atoms with Crippen LogP contribution < -0.4 is 5.32 Å². The van der Waals surface area contributed by atoms with Crippen LogP contribution in [0.15, 0.2) is 18.2 Å². The molecule has 1 fully saturated rings. The molecule has 0 saturated heterocycles. The maximum absolute atomic E-state index is 13.7. The van der Waals surface area contributed by atoms with E-state index < -0.39 is 11.8 Å². The molecule has 0 amide bonds. The van der Waals surface area contributed by atoms with Crippen LogP contribution >= 0.6 is 0 Å². The molecule has 0 aromatic heterocycles. The third-order valence-electron chi connectivity index (χ3n) is 3.82. The molecule has 0 aliphatic heterocycles. The van der Waals surface area contributed by atoms with Gasteiger partial charge in [0.1, 0.15) is 5.82 Å². The number of hydrogen-bond donors (Lipinski definition) is 2. The average Bonchev–Trinajstić information content (AvgIpc) is 2.41. The number of nitrogens with one attached hydrogen (secondary N) is 1. The number of carboxylic acid groups (broad SMARTS) is 1. The molecule has 1 saturated carbocycles. The fraction of sp³-hybridized carbons (Fsp3) is 0.533. The molecule has 104 valence electrons. The molecule has 4 heteroatoms. The minimum atomic E-state index is -1.10. The summed E-state index contributed by atoms with van der Waals surface area (Å²) in [4.78, 5) is 11.0. The molecular weight excluding hydrogens is 245 g/mol. The molecule has 0 radical (unpaired) electrons. The molecule has 0 heterocycles. The summed E-state index contributed by atoms with van der Waals surface area (Å²) in [5, 5.41) is 12.0. The lowest BCUT2D eigenvalue weighted by atomic mass is 9.87. The van der Waals surface area contributed by atoms with Gasteiger partial charge in [-0.1, -0.05) is 38.2 Å². The van der Waals surface area contributed by atoms with E-state index in [1.54, 1.807) is 0 Å². The van der Waals surface area contributed by atoms with E-state index in [0.29, 0.717) is 12.5 Å². The highest BCUT2D eigenvalue weighted by molar-refractivity contribution is 5.94. The normalized spacial score (nSPS) is 16.3. The Bertz CT molecular complexity index is 442. The number of benzene rings is 1. The summed E-state index contributed by atoms with van der Waals surface area (Å²) in [6.45, 7) is 0.631. The minimum absolute atomic E-state index is 0.00337. The second kappa shape index (κ2) is 6.55. The Morgan fingerprint density at radius 1 is 1.32 bits per heavy atom. The van der Waals surface area contributed by atoms with E-state index in [9.17, 15) is 9.18 Å². The zero-order valence-corrected chi connectivity index (χ0v) is 11.0. The second-order valence-electron chi connectivity index (χ2n) is 5.19. The molecular formula is C15H20FNO2. The third-order valence-corrected chi connectivity index (χ3v) is 3.82. The Morgan fingerprint density at radius 2 is 2.05 bits per heavy atom. The molecule has 2 rings (SSSR count). The van der Waals surface area contributed by atoms with Crippen molar-refractivity contribution in [2.45, 2.75) is 38.5 Å². The first-order valence-electron chi connectivity index (χ1n) is 6.94. The van der Waals surface area contributed by atoms with Gasteiger partial charge in [0, 0.05) is 6.54 Å². The van der Waals surface area contributed by atoms with Gasteiger partial charge < -0.3 is 10.4 Å². The first-order chi connectivity index (χ1) is 9.18. The summed E-state index contributed by atoms with van der Waals surface area (Å²) >= 11 is 0. The van der Waals surface area contributed by atoms with Crippen LogP contribution in [0.5, 0.6) is 0 Å². The first-order valence-corrected chi connectivity index (χ1v) is 6.94. The lowest BCUT2D eigenvalue weighted by molar-refractivity contribution is 0.0697. The molecule has 2 N–H and O–H groups in total. The van der Waals surface area contributed by atoms with Crippen LogP contribution in [-0.2, 0) is 0 Å². The zero-order valence-electron chi connectivity index (χ0n) is 11.0. The highest BCUT2D eigenvalue weighted by Gasteiger charge is 2.16. The van der Waals surface area contributed by atoms with Crippen molar-refractivity contribution in [3.8, 4) is 0 Å². The first kappa shape index (κ1) is 13.8. The number of rotatable bonds is 5. The topological polar surface area (TPSA) is 49.3 Å². The van der Waals surface area contributed by atoms with E-state index in [0.717, 1.165) is 6.42 Å². The van der Waals surface area contributed by atoms with Gasteiger partial charge in [-0.2, -0.15) is 0 Å². The summed E-state index contributed by atoms with van der Waals surface area (Å²) in [7, 11) is 0. The van der Waals surface area contributed by atoms with E-state index >= 15 is 0 Å². The van der Waals surface area contributed by atoms with E-state index in [-0.39, 0.29) is 11.3 Å². The van der Waals surface area contributed by atoms with E-state index in [1.807, 2.05) is 0 Å². The van der Waals surface area contributed by atoms with Crippen molar-refractivity contribution in [2.75, 3.05) is 11.9 Å². The number of anilines is 1. The van der Waals surface area contributed by atoms with Gasteiger partial charge in [-0.15, -0.1) is 0 Å². The third kappa shape index (κ3) is 3.69. The summed E-state index contributed by atoms with van der Waals surface area (Å²) in [5.41, 5.74) is 0.120. The highest BCUT2D eigenvalue weighted by atomic mass is 19.1. The Kier molecular flexibility index (Phi) is 4.77. The summed E-state index contributed by atoms with van der Waals surface area (Å²) < 4.78 is 13.7. The van der Waals surface area contributed by atoms with Crippen molar-refractivity contribution in [1.82, 2.24) is 0 Å². The van der Waals surface area contributed by atoms with Crippen LogP contribution in [0.25, 0.3) is 0 Å². The van der Waals surface area contributed by atoms with Gasteiger partial charge >= 0.3 is 5.97 Å². The Labute approximate surface area is 112 Å². The lowest BCUT2D eigenvalue weighted by Gasteiger charge is -2.22. The van der Waals surface area contributed by atoms with Crippen LogP contribution in [0.1, 0.15) is 48.9 Å². The van der Waals surface area contributed by atoms with Gasteiger partial charge in [0.15, 0.2) is 0 Å². The number of carboxylic acids is 1. The van der Waals surface area contributed by atoms with Crippen molar-refractivity contribution in [2.24, 2.45) is 5.92 Å². The van der Waals surface area contributed by atoms with Crippen LogP contribution in [0.4, 0.5) is 10.1 Å². The van der Waals surface area contributed by atoms with Crippen molar-refractivity contribution >= 4 is 11.7 Å². The zero-order chi connectivity index (χ0) is 13.7. The quantitative estimate of drug-likeness (QED) is 0.848. The molecule has 0 spiro atoms. The van der Waals surface area contributed by atoms with Crippen molar-refractivity contribution in [1.29, 1.82) is 0 Å². The van der Waals surface area contributed by atoms with Crippen molar-refractivity contribution in [3.63, 3.8) is 0 Å². The van der Waals surface area contributed by atoms with Crippen molar-refractivity contribution in [3.05, 3.63) is 29.6 Å². The van der Waals surface area contributed by atoms with E-state index in [2.05, 4.69) is 5.32 Å². The van der Waals surface area contributed by atoms with E-state index in [1.165, 1.54) is 50.3 Å². The fourth-order valence-corrected chi connectivity index (χ4v) is 2.76. The Balaban J connectivity index is 1.93. The summed E-state index contributed by atoms with van der Waals surface area (Å²) in [6, 6.07) is 4.13. The number of carbonyl (C=O) groups is 1. The standard InChI is InChI=1S/C15H20FNO2/c16-13-8-4-7-12(15(18)19)14(13)17-10-9-11-5-2-1-3-6-11/h4,7-8,11,17H,1-3,5-6,9-10H2,(H,18,19). The largest absolute Gasteiger partial charge is 0.478 e. The fourth-order valence-electron chi connectivity index (χ4n) is 2.76. The molecule has 1 aliphatic rings. The molecule has 0 unspecified atom stereocenters. The van der Waals surface area contributed by atoms with Crippen LogP contribution in [0.2, 0.25) is 0 Å². The SMILES string of the molecule is O=C(O)c1cccc(F)c1NCCC1CCCCC1. The predicted octanol–water partition coefficient (Wildman–Crippen LogP) is 3.91. The van der Waals surface area contributed by atoms with Gasteiger partial charge in [-0.25, -0.2) is 9.18 Å². The van der Waals surface area contributed by atoms with E-state index in [4.69, 9.17) is 5.11 Å². The summed E-state index contributed by atoms with van der Waals surface area (Å²) in [6.07, 6.45) is 7.35. The summed E-state index contributed by atoms with van der Waals surface area (Å²) in [5.74, 6) is -0.899. The van der Waals surface area contributed by atoms with Gasteiger partial charge in [0.05, 0.1) is 11.3 Å². The highest BCUT2D eigenvalue weighted by Crippen LogP contribution is 2.27. The molecule has 0 bridgehead atoms. The predicted molar refractivity (Wildman–Crippen MR) is 73.0 cm³/mol. The maximum atomic E-state index is 13.7. The lowest BCUT2D eigenvalue weighted by Crippen LogP contribution is -2.14. The van der Waals surface area contributed by atoms with Gasteiger partial charge in [-0.05, 0) is 24.5 Å². The van der Waals surface area contributed by atoms with Crippen molar-refractivity contribution < 1.29 is 14.3 Å². The Morgan fingerprint density at radius 3 is 2.74 bits per heavy atom. The molecule has 3 nitrogen and oxygen atoms in total. The molecule has 19 heavy (non-hydrogen) atoms. The number of para-hydroxylation sites is 1. The molecule has 0 atom stereocenters. The van der Waals surface area contributed by atoms with Crippen LogP contribution in [-0.4, -0.2) is 17.6 Å². The smallest absolute Gasteiger partial charge is 0.337 e. The molecule has 1 aromatic rings. The monoisotopic (exact) mass is 265 g/mol. The van der Waals surface area contributed by atoms with Gasteiger partial charge in [-0.3, -0.25) is 0 Å². The number of halogens is 1. The number of aromatic carboxylic acids is 1. The minimum Gasteiger partial charge on any atom is -0.478 e. The second-order valence-corrected chi connectivity index (χ2v) is 5.19. The van der Waals surface area contributed by atoms with Gasteiger partial charge in [0.2, 0.25) is 0 Å². The van der Waals surface area contributed by atoms with Crippen LogP contribution in [0.3, 0.4) is 0 Å². The molecule has 1 aliphatic carbocycles. The Hall–Kier alpha value is -1.58. The van der Waals surface area contributed by atoms with Gasteiger partial charge in [0.25, 0.3) is 0 Å². The number of hydrogen-bond acceptors (Lipinski definition) is 2. The molecule has 1 aromatic carbocycles. The van der Waals surface area contributed by atoms with Crippen LogP contribution in [0, 0.1) is 11.7 Å².